The van der Waals surface area contributed by atoms with Crippen LogP contribution in [0.3, 0.4) is 0 Å². The Morgan fingerprint density at radius 1 is 0.391 bits per heavy atom. The SMILES string of the molecule is CC(C)CC(C1CCCCC1)C(C)(C)[CH2][Cr]([CH2]C(C)(C)C(CC(C)C)C1CCCCC1)[CH2]C(C)(C)C(CC(C)C)C1CCCCC1. The minimum absolute atomic E-state index is 0.472. The number of hydrogen-bond donors (Lipinski definition) is 0. The van der Waals surface area contributed by atoms with Gasteiger partial charge in [-0.05, 0) is 0 Å². The Balaban J connectivity index is 1.97. The second-order valence-corrected chi connectivity index (χ2v) is 24.2. The summed E-state index contributed by atoms with van der Waals surface area (Å²) in [7, 11) is 0. The minimum atomic E-state index is -0.885. The molecule has 3 saturated carbocycles. The molecule has 46 heavy (non-hydrogen) atoms. The molecule has 0 saturated heterocycles. The van der Waals surface area contributed by atoms with E-state index in [1.165, 1.54) is 116 Å². The topological polar surface area (TPSA) is 0 Å². The number of hydrogen-bond acceptors (Lipinski definition) is 0. The summed E-state index contributed by atoms with van der Waals surface area (Å²) in [4.78, 5) is 0. The van der Waals surface area contributed by atoms with E-state index in [-0.39, 0.29) is 0 Å². The van der Waals surface area contributed by atoms with Crippen molar-refractivity contribution in [3.05, 3.63) is 0 Å². The van der Waals surface area contributed by atoms with Crippen molar-refractivity contribution in [3.63, 3.8) is 0 Å². The van der Waals surface area contributed by atoms with Gasteiger partial charge in [0.15, 0.2) is 0 Å². The molecule has 0 spiro atoms. The second kappa shape index (κ2) is 18.7. The van der Waals surface area contributed by atoms with Crippen LogP contribution in [-0.4, -0.2) is 0 Å². The molecule has 0 aromatic heterocycles. The molecule has 0 heterocycles. The maximum atomic E-state index is 2.78. The van der Waals surface area contributed by atoms with E-state index in [4.69, 9.17) is 0 Å². The molecule has 0 aromatic rings. The molecule has 0 aromatic carbocycles. The van der Waals surface area contributed by atoms with Crippen LogP contribution in [0.2, 0.25) is 15.8 Å². The Morgan fingerprint density at radius 2 is 0.609 bits per heavy atom. The van der Waals surface area contributed by atoms with E-state index in [9.17, 15) is 0 Å². The molecule has 3 rings (SSSR count). The zero-order valence-electron chi connectivity index (χ0n) is 34.0. The third-order valence-corrected chi connectivity index (χ3v) is 19.0. The van der Waals surface area contributed by atoms with Crippen molar-refractivity contribution in [2.75, 3.05) is 0 Å². The average Bonchev–Trinajstić information content (AvgIpc) is 2.97. The summed E-state index contributed by atoms with van der Waals surface area (Å²) in [6.45, 7) is 31.8. The molecule has 3 aliphatic carbocycles. The predicted octanol–water partition coefficient (Wildman–Crippen LogP) is 15.7. The molecule has 3 aliphatic rings. The normalized spacial score (nSPS) is 22.7. The zero-order valence-corrected chi connectivity index (χ0v) is 35.2. The van der Waals surface area contributed by atoms with Crippen molar-refractivity contribution in [2.45, 2.75) is 215 Å². The fourth-order valence-electron chi connectivity index (χ4n) is 11.6. The summed E-state index contributed by atoms with van der Waals surface area (Å²) in [5.41, 5.74) is 1.42. The van der Waals surface area contributed by atoms with E-state index >= 15 is 0 Å². The van der Waals surface area contributed by atoms with Crippen LogP contribution in [0, 0.1) is 69.5 Å². The van der Waals surface area contributed by atoms with Crippen LogP contribution in [0.5, 0.6) is 0 Å². The summed E-state index contributed by atoms with van der Waals surface area (Å²) in [5, 5.41) is 4.73. The van der Waals surface area contributed by atoms with Gasteiger partial charge in [-0.25, -0.2) is 0 Å². The van der Waals surface area contributed by atoms with Gasteiger partial charge in [-0.2, -0.15) is 0 Å². The van der Waals surface area contributed by atoms with Gasteiger partial charge in [0.1, 0.15) is 0 Å². The van der Waals surface area contributed by atoms with Crippen LogP contribution >= 0.6 is 0 Å². The molecule has 0 N–H and O–H groups in total. The van der Waals surface area contributed by atoms with Gasteiger partial charge in [-0.3, -0.25) is 0 Å². The van der Waals surface area contributed by atoms with E-state index in [2.05, 4.69) is 83.1 Å². The van der Waals surface area contributed by atoms with Gasteiger partial charge >= 0.3 is 298 Å². The van der Waals surface area contributed by atoms with Crippen LogP contribution < -0.4 is 0 Å². The van der Waals surface area contributed by atoms with Gasteiger partial charge in [0.25, 0.3) is 0 Å². The van der Waals surface area contributed by atoms with Crippen LogP contribution in [0.1, 0.15) is 199 Å². The monoisotopic (exact) mass is 680 g/mol. The van der Waals surface area contributed by atoms with Crippen molar-refractivity contribution in [1.82, 2.24) is 0 Å². The third kappa shape index (κ3) is 12.7. The number of rotatable bonds is 18. The van der Waals surface area contributed by atoms with Crippen molar-refractivity contribution < 1.29 is 14.1 Å². The van der Waals surface area contributed by atoms with Gasteiger partial charge in [0, 0.05) is 0 Å². The standard InChI is InChI=1S/3C15H29.Cr/c3*1-12(2)11-14(15(3,4)5)13-9-7-6-8-10-13;/h3*12-14H,3,6-11H2,1-2,4-5H3;. The molecule has 0 bridgehead atoms. The van der Waals surface area contributed by atoms with Gasteiger partial charge in [0.05, 0.1) is 0 Å². The summed E-state index contributed by atoms with van der Waals surface area (Å²) in [5.74, 6) is 8.14. The molecule has 0 radical (unpaired) electrons. The summed E-state index contributed by atoms with van der Waals surface area (Å²) in [6, 6.07) is 0. The fraction of sp³-hybridized carbons (Fsp3) is 1.00. The Kier molecular flexibility index (Phi) is 16.6. The molecule has 273 valence electrons. The zero-order chi connectivity index (χ0) is 34.1. The second-order valence-electron chi connectivity index (χ2n) is 20.9. The molecule has 3 unspecified atom stereocenters. The van der Waals surface area contributed by atoms with Gasteiger partial charge in [0.2, 0.25) is 0 Å². The van der Waals surface area contributed by atoms with Crippen LogP contribution in [0.15, 0.2) is 0 Å². The first kappa shape index (κ1) is 41.0. The Bertz CT molecular complexity index is 705. The van der Waals surface area contributed by atoms with E-state index in [0.717, 1.165) is 53.3 Å². The van der Waals surface area contributed by atoms with Gasteiger partial charge in [-0.15, -0.1) is 0 Å². The van der Waals surface area contributed by atoms with Crippen LogP contribution in [0.25, 0.3) is 0 Å². The van der Waals surface area contributed by atoms with E-state index < -0.39 is 14.1 Å². The molecule has 3 atom stereocenters. The first-order chi connectivity index (χ1) is 21.5. The first-order valence-corrected chi connectivity index (χ1v) is 23.9. The fourth-order valence-corrected chi connectivity index (χ4v) is 18.0. The molecule has 1 heteroatoms. The summed E-state index contributed by atoms with van der Waals surface area (Å²) in [6.07, 6.45) is 26.9. The molecule has 0 nitrogen and oxygen atoms in total. The predicted molar refractivity (Wildman–Crippen MR) is 204 cm³/mol. The third-order valence-electron chi connectivity index (χ3n) is 13.6. The summed E-state index contributed by atoms with van der Waals surface area (Å²) >= 11 is -0.885. The molecule has 3 fully saturated rings. The average molecular weight is 680 g/mol. The van der Waals surface area contributed by atoms with Crippen molar-refractivity contribution in [3.8, 4) is 0 Å². The molecular weight excluding hydrogens is 592 g/mol. The van der Waals surface area contributed by atoms with Crippen molar-refractivity contribution in [1.29, 1.82) is 0 Å². The van der Waals surface area contributed by atoms with Crippen molar-refractivity contribution >= 4 is 0 Å². The summed E-state index contributed by atoms with van der Waals surface area (Å²) < 4.78 is 0. The Morgan fingerprint density at radius 3 is 0.804 bits per heavy atom. The molecular formula is C45H87Cr. The van der Waals surface area contributed by atoms with E-state index in [0.29, 0.717) is 16.2 Å². The first-order valence-electron chi connectivity index (χ1n) is 21.2. The van der Waals surface area contributed by atoms with E-state index in [1.807, 2.05) is 0 Å². The van der Waals surface area contributed by atoms with Gasteiger partial charge in [-0.1, -0.05) is 0 Å². The molecule has 0 aliphatic heterocycles. The van der Waals surface area contributed by atoms with Gasteiger partial charge < -0.3 is 0 Å². The van der Waals surface area contributed by atoms with E-state index in [1.54, 1.807) is 15.8 Å². The Hall–Kier alpha value is 0.532. The molecule has 0 amide bonds. The Labute approximate surface area is 297 Å². The maximum absolute atomic E-state index is 2.78. The van der Waals surface area contributed by atoms with Crippen LogP contribution in [0.4, 0.5) is 0 Å². The van der Waals surface area contributed by atoms with Crippen molar-refractivity contribution in [2.24, 2.45) is 69.5 Å². The quantitative estimate of drug-likeness (QED) is 0.135. The van der Waals surface area contributed by atoms with Crippen LogP contribution in [-0.2, 0) is 14.1 Å².